The Morgan fingerprint density at radius 1 is 1.24 bits per heavy atom. The molecule has 5 nitrogen and oxygen atoms in total. The highest BCUT2D eigenvalue weighted by Gasteiger charge is 2.33. The van der Waals surface area contributed by atoms with Gasteiger partial charge in [0.15, 0.2) is 5.96 Å². The largest absolute Gasteiger partial charge is 0.416 e. The van der Waals surface area contributed by atoms with Crippen molar-refractivity contribution in [1.82, 2.24) is 15.5 Å². The number of alkyl halides is 3. The second-order valence-corrected chi connectivity index (χ2v) is 6.88. The minimum absolute atomic E-state index is 0. The quantitative estimate of drug-likeness (QED) is 0.245. The van der Waals surface area contributed by atoms with Crippen LogP contribution in [-0.4, -0.2) is 57.8 Å². The smallest absolute Gasteiger partial charge is 0.383 e. The first-order valence-electron chi connectivity index (χ1n) is 9.35. The van der Waals surface area contributed by atoms with Crippen molar-refractivity contribution in [3.8, 4) is 0 Å². The molecule has 2 rings (SSSR count). The van der Waals surface area contributed by atoms with Crippen LogP contribution in [0, 0.1) is 11.7 Å². The Balaban J connectivity index is 0.00000420. The lowest BCUT2D eigenvalue weighted by molar-refractivity contribution is -0.138. The lowest BCUT2D eigenvalue weighted by Crippen LogP contribution is -2.43. The molecular formula is C19H29F4IN4O. The van der Waals surface area contributed by atoms with Gasteiger partial charge in [-0.25, -0.2) is 4.39 Å². The van der Waals surface area contributed by atoms with Gasteiger partial charge in [-0.1, -0.05) is 6.07 Å². The van der Waals surface area contributed by atoms with Gasteiger partial charge >= 0.3 is 6.18 Å². The summed E-state index contributed by atoms with van der Waals surface area (Å²) < 4.78 is 57.5. The molecule has 1 aliphatic heterocycles. The third-order valence-electron chi connectivity index (χ3n) is 4.92. The van der Waals surface area contributed by atoms with Crippen LogP contribution >= 0.6 is 24.0 Å². The molecule has 0 unspecified atom stereocenters. The maximum atomic E-state index is 13.2. The molecule has 1 saturated heterocycles. The van der Waals surface area contributed by atoms with E-state index in [2.05, 4.69) is 20.5 Å². The molecule has 1 fully saturated rings. The summed E-state index contributed by atoms with van der Waals surface area (Å²) in [5.74, 6) is 0.00332. The van der Waals surface area contributed by atoms with E-state index in [1.807, 2.05) is 0 Å². The van der Waals surface area contributed by atoms with E-state index in [-0.39, 0.29) is 36.1 Å². The van der Waals surface area contributed by atoms with E-state index in [1.54, 1.807) is 14.2 Å². The number of likely N-dealkylation sites (tertiary alicyclic amines) is 1. The van der Waals surface area contributed by atoms with E-state index in [0.29, 0.717) is 24.5 Å². The second-order valence-electron chi connectivity index (χ2n) is 6.88. The Morgan fingerprint density at radius 3 is 2.52 bits per heavy atom. The first kappa shape index (κ1) is 25.9. The average molecular weight is 532 g/mol. The van der Waals surface area contributed by atoms with Crippen molar-refractivity contribution in [2.75, 3.05) is 46.9 Å². The second kappa shape index (κ2) is 12.5. The summed E-state index contributed by atoms with van der Waals surface area (Å²) in [7, 11) is 3.26. The summed E-state index contributed by atoms with van der Waals surface area (Å²) in [6.07, 6.45) is -2.51. The lowest BCUT2D eigenvalue weighted by atomic mass is 9.97. The van der Waals surface area contributed by atoms with Crippen molar-refractivity contribution in [1.29, 1.82) is 0 Å². The van der Waals surface area contributed by atoms with E-state index < -0.39 is 17.6 Å². The summed E-state index contributed by atoms with van der Waals surface area (Å²) in [4.78, 5) is 6.43. The van der Waals surface area contributed by atoms with Gasteiger partial charge in [0.05, 0.1) is 12.2 Å². The summed E-state index contributed by atoms with van der Waals surface area (Å²) in [6, 6.07) is 2.69. The number of nitrogens with one attached hydrogen (secondary N) is 2. The molecular weight excluding hydrogens is 503 g/mol. The molecule has 1 aromatic rings. The SMILES string of the molecule is CN=C(NCc1ccc(F)cc1C(F)(F)F)NCC1CCN(CCOC)CC1.I. The van der Waals surface area contributed by atoms with Crippen LogP contribution in [0.1, 0.15) is 24.0 Å². The van der Waals surface area contributed by atoms with Gasteiger partial charge in [-0.05, 0) is 49.5 Å². The van der Waals surface area contributed by atoms with Crippen LogP contribution in [-0.2, 0) is 17.5 Å². The molecule has 1 aromatic carbocycles. The monoisotopic (exact) mass is 532 g/mol. The highest BCUT2D eigenvalue weighted by molar-refractivity contribution is 14.0. The molecule has 2 N–H and O–H groups in total. The number of nitrogens with zero attached hydrogens (tertiary/aromatic N) is 2. The maximum absolute atomic E-state index is 13.2. The van der Waals surface area contributed by atoms with Crippen LogP contribution in [0.25, 0.3) is 0 Å². The number of rotatable bonds is 7. The number of hydrogen-bond donors (Lipinski definition) is 2. The van der Waals surface area contributed by atoms with Crippen molar-refractivity contribution in [3.05, 3.63) is 35.1 Å². The number of guanidine groups is 1. The van der Waals surface area contributed by atoms with Crippen LogP contribution in [0.15, 0.2) is 23.2 Å². The minimum atomic E-state index is -4.60. The number of aliphatic imine (C=N–C) groups is 1. The number of methoxy groups -OCH3 is 1. The predicted molar refractivity (Wildman–Crippen MR) is 116 cm³/mol. The van der Waals surface area contributed by atoms with Crippen molar-refractivity contribution in [2.24, 2.45) is 10.9 Å². The molecule has 166 valence electrons. The van der Waals surface area contributed by atoms with Crippen LogP contribution in [0.2, 0.25) is 0 Å². The zero-order valence-electron chi connectivity index (χ0n) is 16.7. The predicted octanol–water partition coefficient (Wildman–Crippen LogP) is 3.49. The van der Waals surface area contributed by atoms with Gasteiger partial charge in [-0.3, -0.25) is 4.99 Å². The Morgan fingerprint density at radius 2 is 1.93 bits per heavy atom. The van der Waals surface area contributed by atoms with Gasteiger partial charge in [0, 0.05) is 33.8 Å². The first-order chi connectivity index (χ1) is 13.3. The van der Waals surface area contributed by atoms with Crippen molar-refractivity contribution in [2.45, 2.75) is 25.6 Å². The number of hydrogen-bond acceptors (Lipinski definition) is 3. The molecule has 0 aliphatic carbocycles. The van der Waals surface area contributed by atoms with E-state index in [1.165, 1.54) is 0 Å². The topological polar surface area (TPSA) is 48.9 Å². The highest BCUT2D eigenvalue weighted by atomic mass is 127. The van der Waals surface area contributed by atoms with Crippen molar-refractivity contribution < 1.29 is 22.3 Å². The van der Waals surface area contributed by atoms with Crippen LogP contribution in [0.3, 0.4) is 0 Å². The van der Waals surface area contributed by atoms with Crippen LogP contribution in [0.4, 0.5) is 17.6 Å². The van der Waals surface area contributed by atoms with E-state index in [9.17, 15) is 17.6 Å². The molecule has 10 heteroatoms. The van der Waals surface area contributed by atoms with Crippen LogP contribution in [0.5, 0.6) is 0 Å². The molecule has 29 heavy (non-hydrogen) atoms. The van der Waals surface area contributed by atoms with Gasteiger partial charge in [0.25, 0.3) is 0 Å². The third-order valence-corrected chi connectivity index (χ3v) is 4.92. The summed E-state index contributed by atoms with van der Waals surface area (Å²) in [5.41, 5.74) is -0.998. The Hall–Kier alpha value is -1.14. The molecule has 0 bridgehead atoms. The summed E-state index contributed by atoms with van der Waals surface area (Å²) in [6.45, 7) is 4.28. The molecule has 0 saturated carbocycles. The van der Waals surface area contributed by atoms with E-state index in [4.69, 9.17) is 4.74 Å². The van der Waals surface area contributed by atoms with Gasteiger partial charge < -0.3 is 20.3 Å². The van der Waals surface area contributed by atoms with Gasteiger partial charge in [-0.2, -0.15) is 13.2 Å². The highest BCUT2D eigenvalue weighted by Crippen LogP contribution is 2.32. The molecule has 0 amide bonds. The fourth-order valence-corrected chi connectivity index (χ4v) is 3.24. The molecule has 0 aromatic heterocycles. The fourth-order valence-electron chi connectivity index (χ4n) is 3.24. The Bertz CT molecular complexity index is 650. The zero-order valence-corrected chi connectivity index (χ0v) is 19.0. The van der Waals surface area contributed by atoms with E-state index in [0.717, 1.165) is 51.2 Å². The molecule has 0 spiro atoms. The van der Waals surface area contributed by atoms with Gasteiger partial charge in [0.2, 0.25) is 0 Å². The van der Waals surface area contributed by atoms with E-state index >= 15 is 0 Å². The third kappa shape index (κ3) is 8.63. The fraction of sp³-hybridized carbons (Fsp3) is 0.632. The summed E-state index contributed by atoms with van der Waals surface area (Å²) in [5, 5.41) is 6.06. The number of benzene rings is 1. The molecule has 1 heterocycles. The minimum Gasteiger partial charge on any atom is -0.383 e. The molecule has 0 atom stereocenters. The lowest BCUT2D eigenvalue weighted by Gasteiger charge is -2.32. The maximum Gasteiger partial charge on any atom is 0.416 e. The van der Waals surface area contributed by atoms with Crippen molar-refractivity contribution in [3.63, 3.8) is 0 Å². The number of piperidine rings is 1. The first-order valence-corrected chi connectivity index (χ1v) is 9.35. The van der Waals surface area contributed by atoms with Gasteiger partial charge in [-0.15, -0.1) is 24.0 Å². The normalized spacial score (nSPS) is 16.4. The standard InChI is InChI=1S/C19H28F4N4O.HI/c1-24-18(25-12-14-5-7-27(8-6-14)9-10-28-2)26-13-15-3-4-16(20)11-17(15)19(21,22)23;/h3-4,11,14H,5-10,12-13H2,1-2H3,(H2,24,25,26);1H. The van der Waals surface area contributed by atoms with Crippen LogP contribution < -0.4 is 10.6 Å². The average Bonchev–Trinajstić information content (AvgIpc) is 2.67. The van der Waals surface area contributed by atoms with Gasteiger partial charge in [0.1, 0.15) is 5.82 Å². The number of ether oxygens (including phenoxy) is 1. The Kier molecular flexibility index (Phi) is 11.2. The zero-order chi connectivity index (χ0) is 20.6. The number of halogens is 5. The molecule has 0 radical (unpaired) electrons. The summed E-state index contributed by atoms with van der Waals surface area (Å²) >= 11 is 0. The molecule has 1 aliphatic rings. The Labute approximate surface area is 186 Å². The van der Waals surface area contributed by atoms with Crippen molar-refractivity contribution >= 4 is 29.9 Å².